The van der Waals surface area contributed by atoms with E-state index in [1.165, 1.54) is 6.92 Å². The highest BCUT2D eigenvalue weighted by atomic mass is 16.8. The minimum Gasteiger partial charge on any atom is -0.449 e. The van der Waals surface area contributed by atoms with Gasteiger partial charge in [-0.25, -0.2) is 10.1 Å². The molecule has 7 nitrogen and oxygen atoms in total. The quantitative estimate of drug-likeness (QED) is 0.753. The van der Waals surface area contributed by atoms with E-state index in [0.29, 0.717) is 6.61 Å². The summed E-state index contributed by atoms with van der Waals surface area (Å²) in [7, 11) is 0. The predicted molar refractivity (Wildman–Crippen MR) is 50.0 cm³/mol. The Bertz CT molecular complexity index is 348. The first-order valence-electron chi connectivity index (χ1n) is 4.50. The van der Waals surface area contributed by atoms with Crippen molar-refractivity contribution in [2.24, 2.45) is 5.92 Å². The third-order valence-corrected chi connectivity index (χ3v) is 1.59. The zero-order chi connectivity index (χ0) is 11.4. The van der Waals surface area contributed by atoms with E-state index in [-0.39, 0.29) is 22.3 Å². The van der Waals surface area contributed by atoms with Crippen LogP contribution in [0.5, 0.6) is 0 Å². The molecule has 1 N–H and O–H groups in total. The molecular formula is C8H13N3O4. The number of amides is 1. The Morgan fingerprint density at radius 2 is 2.40 bits per heavy atom. The number of nitrogens with one attached hydrogen (secondary N) is 1. The number of ether oxygens (including phenoxy) is 1. The normalized spacial score (nSPS) is 10.4. The highest BCUT2D eigenvalue weighted by molar-refractivity contribution is 5.83. The molecule has 0 spiro atoms. The van der Waals surface area contributed by atoms with Crippen molar-refractivity contribution in [2.75, 3.05) is 11.9 Å². The maximum absolute atomic E-state index is 11.2. The maximum atomic E-state index is 11.2. The summed E-state index contributed by atoms with van der Waals surface area (Å²) in [6.45, 7) is 5.61. The summed E-state index contributed by atoms with van der Waals surface area (Å²) in [4.78, 5) is 11.4. The number of nitrogens with zero attached hydrogens (tertiary/aromatic N) is 2. The molecular weight excluding hydrogens is 202 g/mol. The fourth-order valence-electron chi connectivity index (χ4n) is 0.780. The first-order chi connectivity index (χ1) is 7.00. The summed E-state index contributed by atoms with van der Waals surface area (Å²) < 4.78 is 9.09. The minimum atomic E-state index is -0.652. The van der Waals surface area contributed by atoms with Gasteiger partial charge in [-0.05, 0) is 10.8 Å². The molecule has 0 unspecified atom stereocenters. The molecule has 0 aliphatic rings. The molecule has 1 aromatic heterocycles. The molecule has 0 radical (unpaired) electrons. The second-order valence-corrected chi connectivity index (χ2v) is 3.48. The van der Waals surface area contributed by atoms with Gasteiger partial charge in [-0.3, -0.25) is 4.63 Å². The van der Waals surface area contributed by atoms with Crippen molar-refractivity contribution < 1.29 is 19.1 Å². The predicted octanol–water partition coefficient (Wildman–Crippen LogP) is 0.821. The Morgan fingerprint density at radius 1 is 1.73 bits per heavy atom. The van der Waals surface area contributed by atoms with Gasteiger partial charge in [0, 0.05) is 6.92 Å². The number of rotatable bonds is 3. The van der Waals surface area contributed by atoms with Crippen LogP contribution in [0.3, 0.4) is 0 Å². The van der Waals surface area contributed by atoms with Crippen molar-refractivity contribution in [1.82, 2.24) is 5.16 Å². The maximum Gasteiger partial charge on any atom is 0.414 e. The van der Waals surface area contributed by atoms with E-state index >= 15 is 0 Å². The molecule has 1 aromatic rings. The van der Waals surface area contributed by atoms with Gasteiger partial charge in [-0.15, -0.1) is 0 Å². The molecule has 84 valence electrons. The summed E-state index contributed by atoms with van der Waals surface area (Å²) in [6, 6.07) is 0. The first kappa shape index (κ1) is 11.3. The summed E-state index contributed by atoms with van der Waals surface area (Å²) >= 11 is 0. The number of anilines is 1. The molecule has 0 saturated carbocycles. The fraction of sp³-hybridized carbons (Fsp3) is 0.625. The van der Waals surface area contributed by atoms with Crippen LogP contribution < -0.4 is 10.2 Å². The lowest BCUT2D eigenvalue weighted by Crippen LogP contribution is -2.26. The Kier molecular flexibility index (Phi) is 3.48. The second-order valence-electron chi connectivity index (χ2n) is 3.48. The molecule has 15 heavy (non-hydrogen) atoms. The smallest absolute Gasteiger partial charge is 0.414 e. The summed E-state index contributed by atoms with van der Waals surface area (Å²) in [5, 5.41) is 16.4. The van der Waals surface area contributed by atoms with Crippen molar-refractivity contribution >= 4 is 11.9 Å². The van der Waals surface area contributed by atoms with Gasteiger partial charge >= 0.3 is 11.9 Å². The van der Waals surface area contributed by atoms with Crippen LogP contribution in [0.1, 0.15) is 19.5 Å². The third kappa shape index (κ3) is 3.12. The molecule has 0 saturated heterocycles. The van der Waals surface area contributed by atoms with Crippen LogP contribution in [0.25, 0.3) is 0 Å². The molecule has 7 heteroatoms. The van der Waals surface area contributed by atoms with Gasteiger partial charge in [0.2, 0.25) is 5.69 Å². The molecule has 0 aliphatic carbocycles. The minimum absolute atomic E-state index is 0.0683. The van der Waals surface area contributed by atoms with E-state index in [2.05, 4.69) is 15.1 Å². The number of aromatic nitrogens is 2. The lowest BCUT2D eigenvalue weighted by Gasteiger charge is -2.05. The second kappa shape index (κ2) is 4.63. The zero-order valence-corrected chi connectivity index (χ0v) is 8.81. The monoisotopic (exact) mass is 215 g/mol. The Labute approximate surface area is 86.5 Å². The van der Waals surface area contributed by atoms with Gasteiger partial charge in [0.15, 0.2) is 0 Å². The number of carbonyl (C=O) groups excluding carboxylic acids is 1. The van der Waals surface area contributed by atoms with Crippen molar-refractivity contribution in [3.63, 3.8) is 0 Å². The van der Waals surface area contributed by atoms with Crippen molar-refractivity contribution in [3.8, 4) is 0 Å². The van der Waals surface area contributed by atoms with Crippen LogP contribution in [0, 0.1) is 18.0 Å². The van der Waals surface area contributed by atoms with Crippen molar-refractivity contribution in [1.29, 1.82) is 0 Å². The van der Waals surface area contributed by atoms with Crippen LogP contribution in [0.2, 0.25) is 0 Å². The molecule has 0 bridgehead atoms. The van der Waals surface area contributed by atoms with Crippen LogP contribution in [0.15, 0.2) is 4.63 Å². The average molecular weight is 215 g/mol. The summed E-state index contributed by atoms with van der Waals surface area (Å²) in [5.41, 5.74) is 0.177. The van der Waals surface area contributed by atoms with Crippen LogP contribution in [-0.4, -0.2) is 17.9 Å². The number of hydrogen-bond acceptors (Lipinski definition) is 5. The largest absolute Gasteiger partial charge is 0.449 e. The lowest BCUT2D eigenvalue weighted by atomic mass is 10.2. The van der Waals surface area contributed by atoms with Gasteiger partial charge in [-0.2, -0.15) is 0 Å². The van der Waals surface area contributed by atoms with E-state index in [4.69, 9.17) is 4.74 Å². The molecule has 1 rings (SSSR count). The van der Waals surface area contributed by atoms with E-state index in [9.17, 15) is 10.0 Å². The molecule has 1 heterocycles. The third-order valence-electron chi connectivity index (χ3n) is 1.59. The van der Waals surface area contributed by atoms with Crippen LogP contribution in [0.4, 0.5) is 10.6 Å². The first-order valence-corrected chi connectivity index (χ1v) is 4.50. The SMILES string of the molecule is Cc1c(NC(=O)OCC(C)C)no[n+]1[O-]. The Balaban J connectivity index is 2.48. The summed E-state index contributed by atoms with van der Waals surface area (Å²) in [5.74, 6) is 0.317. The van der Waals surface area contributed by atoms with Crippen LogP contribution in [-0.2, 0) is 4.74 Å². The van der Waals surface area contributed by atoms with E-state index in [1.54, 1.807) is 0 Å². The topological polar surface area (TPSA) is 91.3 Å². The van der Waals surface area contributed by atoms with Crippen molar-refractivity contribution in [2.45, 2.75) is 20.8 Å². The van der Waals surface area contributed by atoms with Crippen LogP contribution >= 0.6 is 0 Å². The Hall–Kier alpha value is -1.79. The number of hydrogen-bond donors (Lipinski definition) is 1. The highest BCUT2D eigenvalue weighted by Gasteiger charge is 2.17. The van der Waals surface area contributed by atoms with Gasteiger partial charge in [0.05, 0.1) is 11.8 Å². The van der Waals surface area contributed by atoms with Gasteiger partial charge in [0.1, 0.15) is 0 Å². The van der Waals surface area contributed by atoms with E-state index in [1.807, 2.05) is 13.8 Å². The molecule has 0 aromatic carbocycles. The molecule has 0 fully saturated rings. The van der Waals surface area contributed by atoms with Gasteiger partial charge in [-0.1, -0.05) is 13.8 Å². The van der Waals surface area contributed by atoms with Gasteiger partial charge in [0.25, 0.3) is 0 Å². The van der Waals surface area contributed by atoms with Gasteiger partial charge < -0.3 is 9.94 Å². The lowest BCUT2D eigenvalue weighted by molar-refractivity contribution is -0.806. The summed E-state index contributed by atoms with van der Waals surface area (Å²) in [6.07, 6.45) is -0.652. The molecule has 0 atom stereocenters. The standard InChI is InChI=1S/C8H13N3O4/c1-5(2)4-14-8(12)9-7-6(3)11(13)15-10-7/h5H,4H2,1-3H3,(H,9,10,12). The van der Waals surface area contributed by atoms with Crippen molar-refractivity contribution in [3.05, 3.63) is 10.9 Å². The van der Waals surface area contributed by atoms with E-state index in [0.717, 1.165) is 0 Å². The Morgan fingerprint density at radius 3 is 2.87 bits per heavy atom. The number of carbonyl (C=O) groups is 1. The molecule has 0 aliphatic heterocycles. The highest BCUT2D eigenvalue weighted by Crippen LogP contribution is 2.06. The molecule has 1 amide bonds. The zero-order valence-electron chi connectivity index (χ0n) is 8.81. The fourth-order valence-corrected chi connectivity index (χ4v) is 0.780. The van der Waals surface area contributed by atoms with E-state index < -0.39 is 6.09 Å². The average Bonchev–Trinajstić information content (AvgIpc) is 2.47.